The number of hydrogen-bond acceptors (Lipinski definition) is 3. The van der Waals surface area contributed by atoms with Gasteiger partial charge in [0.05, 0.1) is 12.2 Å². The Bertz CT molecular complexity index is 312. The fraction of sp³-hybridized carbons (Fsp3) is 0.125. The normalized spacial score (nSPS) is 9.92. The largest absolute Gasteiger partial charge is 0.390 e. The highest BCUT2D eigenvalue weighted by Gasteiger charge is 2.11. The molecular weight excluding hydrogens is 161 g/mol. The highest BCUT2D eigenvalue weighted by Crippen LogP contribution is 2.10. The number of hydrogen-bond donors (Lipinski definition) is 1. The molecular formula is C8H7FNO2. The minimum Gasteiger partial charge on any atom is -0.390 e. The average molecular weight is 168 g/mol. The first-order chi connectivity index (χ1) is 5.66. The molecule has 3 nitrogen and oxygen atoms in total. The predicted molar refractivity (Wildman–Crippen MR) is 39.8 cm³/mol. The van der Waals surface area contributed by atoms with Crippen LogP contribution in [0, 0.1) is 12.7 Å². The van der Waals surface area contributed by atoms with E-state index >= 15 is 0 Å². The van der Waals surface area contributed by atoms with Gasteiger partial charge in [-0.15, -0.1) is 0 Å². The van der Waals surface area contributed by atoms with Gasteiger partial charge in [0, 0.05) is 13.1 Å². The van der Waals surface area contributed by atoms with Crippen molar-refractivity contribution in [2.75, 3.05) is 0 Å². The van der Waals surface area contributed by atoms with E-state index in [1.165, 1.54) is 12.3 Å². The van der Waals surface area contributed by atoms with Crippen LogP contribution in [0.25, 0.3) is 0 Å². The molecule has 0 saturated heterocycles. The number of carbonyl (C=O) groups excluding carboxylic acids is 1. The fourth-order valence-corrected chi connectivity index (χ4v) is 0.813. The van der Waals surface area contributed by atoms with E-state index in [1.54, 1.807) is 0 Å². The molecule has 12 heavy (non-hydrogen) atoms. The van der Waals surface area contributed by atoms with Crippen LogP contribution in [0.1, 0.15) is 16.1 Å². The minimum absolute atomic E-state index is 0.135. The van der Waals surface area contributed by atoms with Crippen molar-refractivity contribution < 1.29 is 14.3 Å². The fourth-order valence-electron chi connectivity index (χ4n) is 0.813. The van der Waals surface area contributed by atoms with Crippen LogP contribution in [-0.4, -0.2) is 15.9 Å². The van der Waals surface area contributed by atoms with Gasteiger partial charge in [-0.2, -0.15) is 0 Å². The van der Waals surface area contributed by atoms with Gasteiger partial charge in [0.2, 0.25) is 0 Å². The summed E-state index contributed by atoms with van der Waals surface area (Å²) in [5, 5.41) is 8.59. The maximum Gasteiger partial charge on any atom is 0.166 e. The average Bonchev–Trinajstić information content (AvgIpc) is 2.04. The van der Waals surface area contributed by atoms with Crippen molar-refractivity contribution in [2.45, 2.75) is 6.61 Å². The molecule has 1 heterocycles. The lowest BCUT2D eigenvalue weighted by Crippen LogP contribution is -2.03. The van der Waals surface area contributed by atoms with Crippen LogP contribution in [0.2, 0.25) is 0 Å². The molecule has 0 atom stereocenters. The molecule has 1 aromatic rings. The van der Waals surface area contributed by atoms with E-state index in [0.29, 0.717) is 0 Å². The summed E-state index contributed by atoms with van der Waals surface area (Å²) in [4.78, 5) is 14.2. The number of pyridine rings is 1. The summed E-state index contributed by atoms with van der Waals surface area (Å²) in [5.74, 6) is -1.41. The van der Waals surface area contributed by atoms with Gasteiger partial charge in [0.25, 0.3) is 0 Å². The van der Waals surface area contributed by atoms with Crippen LogP contribution >= 0.6 is 0 Å². The number of carbonyl (C=O) groups is 1. The van der Waals surface area contributed by atoms with Gasteiger partial charge in [-0.3, -0.25) is 9.78 Å². The summed E-state index contributed by atoms with van der Waals surface area (Å²) < 4.78 is 13.0. The summed E-state index contributed by atoms with van der Waals surface area (Å²) in [7, 11) is 0. The maximum atomic E-state index is 13.0. The van der Waals surface area contributed by atoms with Crippen molar-refractivity contribution in [2.24, 2.45) is 0 Å². The summed E-state index contributed by atoms with van der Waals surface area (Å²) in [6, 6.07) is 1.23. The molecule has 0 unspecified atom stereocenters. The Hall–Kier alpha value is -1.29. The zero-order valence-electron chi connectivity index (χ0n) is 6.25. The van der Waals surface area contributed by atoms with E-state index in [1.807, 2.05) is 0 Å². The molecule has 0 aliphatic heterocycles. The number of aliphatic hydroxyl groups is 1. The van der Waals surface area contributed by atoms with Crippen molar-refractivity contribution in [1.29, 1.82) is 0 Å². The highest BCUT2D eigenvalue weighted by atomic mass is 19.1. The van der Waals surface area contributed by atoms with E-state index in [0.717, 1.165) is 0 Å². The van der Waals surface area contributed by atoms with Gasteiger partial charge < -0.3 is 5.11 Å². The van der Waals surface area contributed by atoms with Crippen molar-refractivity contribution in [3.63, 3.8) is 0 Å². The Morgan fingerprint density at radius 2 is 2.42 bits per heavy atom. The Labute approximate surface area is 68.9 Å². The number of aliphatic hydroxyl groups excluding tert-OH is 1. The van der Waals surface area contributed by atoms with Crippen LogP contribution in [0.4, 0.5) is 4.39 Å². The molecule has 63 valence electrons. The van der Waals surface area contributed by atoms with E-state index in [-0.39, 0.29) is 11.3 Å². The number of Topliss-reactive ketones (excluding diaryl/α,β-unsaturated/α-hetero) is 1. The third-order valence-corrected chi connectivity index (χ3v) is 1.41. The second-order valence-corrected chi connectivity index (χ2v) is 2.20. The second kappa shape index (κ2) is 3.40. The smallest absolute Gasteiger partial charge is 0.166 e. The monoisotopic (exact) mass is 168 g/mol. The lowest BCUT2D eigenvalue weighted by molar-refractivity contribution is 0.104. The molecule has 0 aromatic carbocycles. The molecule has 0 fully saturated rings. The highest BCUT2D eigenvalue weighted by molar-refractivity contribution is 5.99. The molecule has 0 spiro atoms. The molecule has 4 heteroatoms. The van der Waals surface area contributed by atoms with Crippen LogP contribution in [0.5, 0.6) is 0 Å². The van der Waals surface area contributed by atoms with Crippen molar-refractivity contribution in [1.82, 2.24) is 4.98 Å². The first kappa shape index (κ1) is 8.80. The molecule has 0 saturated carbocycles. The van der Waals surface area contributed by atoms with E-state index < -0.39 is 18.2 Å². The number of halogens is 1. The van der Waals surface area contributed by atoms with Crippen LogP contribution in [0.15, 0.2) is 12.3 Å². The van der Waals surface area contributed by atoms with Crippen molar-refractivity contribution in [3.05, 3.63) is 36.3 Å². The van der Waals surface area contributed by atoms with Gasteiger partial charge in [-0.1, -0.05) is 0 Å². The first-order valence-corrected chi connectivity index (χ1v) is 3.27. The van der Waals surface area contributed by atoms with Crippen LogP contribution in [-0.2, 0) is 6.61 Å². The summed E-state index contributed by atoms with van der Waals surface area (Å²) >= 11 is 0. The van der Waals surface area contributed by atoms with E-state index in [9.17, 15) is 9.18 Å². The predicted octanol–water partition coefficient (Wildman–Crippen LogP) is 0.730. The summed E-state index contributed by atoms with van der Waals surface area (Å²) in [5.41, 5.74) is -0.279. The van der Waals surface area contributed by atoms with Crippen molar-refractivity contribution >= 4 is 5.78 Å². The molecule has 1 rings (SSSR count). The quantitative estimate of drug-likeness (QED) is 0.662. The van der Waals surface area contributed by atoms with Gasteiger partial charge in [0.1, 0.15) is 5.69 Å². The lowest BCUT2D eigenvalue weighted by atomic mass is 10.1. The molecule has 0 amide bonds. The van der Waals surface area contributed by atoms with Gasteiger partial charge in [-0.05, 0) is 6.07 Å². The Balaban J connectivity index is 3.23. The topological polar surface area (TPSA) is 50.2 Å². The lowest BCUT2D eigenvalue weighted by Gasteiger charge is -2.00. The SMILES string of the molecule is [CH2]C(=O)c1ccnc(CO)c1F. The number of aromatic nitrogens is 1. The molecule has 0 aliphatic carbocycles. The molecule has 1 radical (unpaired) electrons. The molecule has 0 aliphatic rings. The van der Waals surface area contributed by atoms with Gasteiger partial charge >= 0.3 is 0 Å². The number of nitrogens with zero attached hydrogens (tertiary/aromatic N) is 1. The third kappa shape index (κ3) is 1.48. The zero-order chi connectivity index (χ0) is 9.14. The Morgan fingerprint density at radius 3 is 2.92 bits per heavy atom. The molecule has 1 aromatic heterocycles. The summed E-state index contributed by atoms with van der Waals surface area (Å²) in [6.45, 7) is 2.54. The zero-order valence-corrected chi connectivity index (χ0v) is 6.25. The summed E-state index contributed by atoms with van der Waals surface area (Å²) in [6.07, 6.45) is 1.26. The maximum absolute atomic E-state index is 13.0. The van der Waals surface area contributed by atoms with Crippen LogP contribution < -0.4 is 0 Å². The van der Waals surface area contributed by atoms with Crippen molar-refractivity contribution in [3.8, 4) is 0 Å². The first-order valence-electron chi connectivity index (χ1n) is 3.27. The third-order valence-electron chi connectivity index (χ3n) is 1.41. The minimum atomic E-state index is -0.792. The standard InChI is InChI=1S/C8H7FNO2/c1-5(12)6-2-3-10-7(4-11)8(6)9/h2-3,11H,1,4H2. The van der Waals surface area contributed by atoms with Gasteiger partial charge in [0.15, 0.2) is 11.6 Å². The Morgan fingerprint density at radius 1 is 1.75 bits per heavy atom. The van der Waals surface area contributed by atoms with Gasteiger partial charge in [-0.25, -0.2) is 4.39 Å². The molecule has 0 bridgehead atoms. The van der Waals surface area contributed by atoms with E-state index in [2.05, 4.69) is 11.9 Å². The number of rotatable bonds is 2. The Kier molecular flexibility index (Phi) is 2.50. The van der Waals surface area contributed by atoms with Crippen LogP contribution in [0.3, 0.4) is 0 Å². The number of ketones is 1. The van der Waals surface area contributed by atoms with E-state index in [4.69, 9.17) is 5.11 Å². The second-order valence-electron chi connectivity index (χ2n) is 2.20. The molecule has 1 N–H and O–H groups in total.